The van der Waals surface area contributed by atoms with E-state index in [1.54, 1.807) is 0 Å². The number of amides is 1. The van der Waals surface area contributed by atoms with E-state index >= 15 is 0 Å². The van der Waals surface area contributed by atoms with Gasteiger partial charge in [0, 0.05) is 24.6 Å². The molecule has 1 aliphatic heterocycles. The molecule has 102 valence electrons. The normalized spacial score (nSPS) is 22.5. The molecule has 1 aromatic carbocycles. The number of rotatable bonds is 2. The number of aliphatic hydroxyl groups is 1. The maximum Gasteiger partial charge on any atom is 0.326 e. The average Bonchev–Trinajstić information content (AvgIpc) is 2.69. The van der Waals surface area contributed by atoms with E-state index in [1.165, 1.54) is 0 Å². The first kappa shape index (κ1) is 13.2. The molecule has 19 heavy (non-hydrogen) atoms. The summed E-state index contributed by atoms with van der Waals surface area (Å²) in [7, 11) is 0. The Balaban J connectivity index is 2.30. The summed E-state index contributed by atoms with van der Waals surface area (Å²) < 4.78 is 0. The second kappa shape index (κ2) is 4.77. The molecule has 4 N–H and O–H groups in total. The van der Waals surface area contributed by atoms with Gasteiger partial charge in [-0.05, 0) is 12.1 Å². The number of aliphatic carboxylic acids is 1. The van der Waals surface area contributed by atoms with Crippen LogP contribution in [0, 0.1) is 0 Å². The standard InChI is InChI=1S/C12H13NO6/c14-7-1-6(2-8(15)3-7)11(17)13-5-9(16)4-10(13)12(18)19/h1-3,9-10,14-16H,4-5H2,(H,18,19). The number of carbonyl (C=O) groups is 2. The molecule has 0 radical (unpaired) electrons. The molecule has 1 heterocycles. The zero-order valence-corrected chi connectivity index (χ0v) is 9.85. The van der Waals surface area contributed by atoms with Gasteiger partial charge in [-0.1, -0.05) is 0 Å². The largest absolute Gasteiger partial charge is 0.508 e. The predicted molar refractivity (Wildman–Crippen MR) is 62.9 cm³/mol. The first-order chi connectivity index (χ1) is 8.88. The van der Waals surface area contributed by atoms with Crippen molar-refractivity contribution in [2.75, 3.05) is 6.54 Å². The van der Waals surface area contributed by atoms with Crippen molar-refractivity contribution in [1.82, 2.24) is 4.90 Å². The molecule has 0 bridgehead atoms. The number of carbonyl (C=O) groups excluding carboxylic acids is 1. The molecule has 1 amide bonds. The maximum atomic E-state index is 12.1. The van der Waals surface area contributed by atoms with E-state index < -0.39 is 24.0 Å². The summed E-state index contributed by atoms with van der Waals surface area (Å²) in [6.45, 7) is -0.0911. The van der Waals surface area contributed by atoms with Crippen molar-refractivity contribution in [1.29, 1.82) is 0 Å². The Kier molecular flexibility index (Phi) is 3.30. The van der Waals surface area contributed by atoms with Crippen LogP contribution < -0.4 is 0 Å². The number of aromatic hydroxyl groups is 2. The van der Waals surface area contributed by atoms with Crippen molar-refractivity contribution in [3.8, 4) is 11.5 Å². The van der Waals surface area contributed by atoms with Crippen molar-refractivity contribution in [3.63, 3.8) is 0 Å². The summed E-state index contributed by atoms with van der Waals surface area (Å²) in [5.41, 5.74) is -0.0298. The van der Waals surface area contributed by atoms with Crippen LogP contribution in [0.25, 0.3) is 0 Å². The number of benzene rings is 1. The fraction of sp³-hybridized carbons (Fsp3) is 0.333. The summed E-state index contributed by atoms with van der Waals surface area (Å²) in [5, 5.41) is 37.1. The van der Waals surface area contributed by atoms with Crippen LogP contribution in [0.1, 0.15) is 16.8 Å². The van der Waals surface area contributed by atoms with Gasteiger partial charge in [-0.2, -0.15) is 0 Å². The molecular formula is C12H13NO6. The number of hydrogen-bond donors (Lipinski definition) is 4. The van der Waals surface area contributed by atoms with Crippen molar-refractivity contribution >= 4 is 11.9 Å². The molecule has 0 spiro atoms. The van der Waals surface area contributed by atoms with Gasteiger partial charge in [0.15, 0.2) is 0 Å². The van der Waals surface area contributed by atoms with Crippen LogP contribution in [0.4, 0.5) is 0 Å². The molecule has 0 aliphatic carbocycles. The first-order valence-electron chi connectivity index (χ1n) is 5.63. The molecule has 7 heteroatoms. The lowest BCUT2D eigenvalue weighted by molar-refractivity contribution is -0.141. The highest BCUT2D eigenvalue weighted by Gasteiger charge is 2.39. The SMILES string of the molecule is O=C(O)C1CC(O)CN1C(=O)c1cc(O)cc(O)c1. The average molecular weight is 267 g/mol. The highest BCUT2D eigenvalue weighted by Crippen LogP contribution is 2.25. The molecule has 0 aromatic heterocycles. The highest BCUT2D eigenvalue weighted by molar-refractivity contribution is 5.97. The highest BCUT2D eigenvalue weighted by atomic mass is 16.4. The summed E-state index contributed by atoms with van der Waals surface area (Å²) in [6, 6.07) is 2.22. The van der Waals surface area contributed by atoms with E-state index in [2.05, 4.69) is 0 Å². The quantitative estimate of drug-likeness (QED) is 0.587. The van der Waals surface area contributed by atoms with Gasteiger partial charge in [0.2, 0.25) is 0 Å². The summed E-state index contributed by atoms with van der Waals surface area (Å²) in [5.74, 6) is -2.45. The van der Waals surface area contributed by atoms with Gasteiger partial charge in [0.25, 0.3) is 5.91 Å². The van der Waals surface area contributed by atoms with Gasteiger partial charge in [0.1, 0.15) is 17.5 Å². The van der Waals surface area contributed by atoms with Gasteiger partial charge in [-0.25, -0.2) is 4.79 Å². The van der Waals surface area contributed by atoms with Crippen molar-refractivity contribution in [3.05, 3.63) is 23.8 Å². The number of β-amino-alcohol motifs (C(OH)–C–C–N with tert-alkyl or cyclic N) is 1. The predicted octanol–water partition coefficient (Wildman–Crippen LogP) is -0.242. The van der Waals surface area contributed by atoms with Crippen LogP contribution in [0.15, 0.2) is 18.2 Å². The number of likely N-dealkylation sites (tertiary alicyclic amines) is 1. The van der Waals surface area contributed by atoms with Crippen LogP contribution in [-0.2, 0) is 4.79 Å². The fourth-order valence-electron chi connectivity index (χ4n) is 2.16. The number of nitrogens with zero attached hydrogens (tertiary/aromatic N) is 1. The van der Waals surface area contributed by atoms with Gasteiger partial charge in [-0.3, -0.25) is 4.79 Å². The lowest BCUT2D eigenvalue weighted by atomic mass is 10.1. The summed E-state index contributed by atoms with van der Waals surface area (Å²) in [6.07, 6.45) is -0.928. The Labute approximate surface area is 108 Å². The van der Waals surface area contributed by atoms with Gasteiger partial charge >= 0.3 is 5.97 Å². The number of hydrogen-bond acceptors (Lipinski definition) is 5. The molecule has 7 nitrogen and oxygen atoms in total. The molecule has 1 saturated heterocycles. The van der Waals surface area contributed by atoms with E-state index in [4.69, 9.17) is 5.11 Å². The van der Waals surface area contributed by atoms with Crippen LogP contribution in [-0.4, -0.2) is 55.9 Å². The van der Waals surface area contributed by atoms with Gasteiger partial charge < -0.3 is 25.3 Å². The number of phenolic OH excluding ortho intramolecular Hbond substituents is 2. The lowest BCUT2D eigenvalue weighted by Crippen LogP contribution is -2.40. The van der Waals surface area contributed by atoms with Crippen molar-refractivity contribution in [2.24, 2.45) is 0 Å². The molecule has 2 rings (SSSR count). The van der Waals surface area contributed by atoms with E-state index in [0.29, 0.717) is 0 Å². The fourth-order valence-corrected chi connectivity index (χ4v) is 2.16. The Morgan fingerprint density at radius 2 is 1.74 bits per heavy atom. The Morgan fingerprint density at radius 1 is 1.16 bits per heavy atom. The van der Waals surface area contributed by atoms with Crippen LogP contribution in [0.5, 0.6) is 11.5 Å². The molecule has 1 aromatic rings. The van der Waals surface area contributed by atoms with E-state index in [0.717, 1.165) is 23.1 Å². The lowest BCUT2D eigenvalue weighted by Gasteiger charge is -2.21. The molecule has 2 atom stereocenters. The first-order valence-corrected chi connectivity index (χ1v) is 5.63. The Bertz CT molecular complexity index is 509. The number of carboxylic acid groups (broad SMARTS) is 1. The van der Waals surface area contributed by atoms with E-state index in [9.17, 15) is 24.9 Å². The molecule has 0 saturated carbocycles. The van der Waals surface area contributed by atoms with Crippen molar-refractivity contribution in [2.45, 2.75) is 18.6 Å². The zero-order chi connectivity index (χ0) is 14.2. The summed E-state index contributed by atoms with van der Waals surface area (Å²) >= 11 is 0. The van der Waals surface area contributed by atoms with E-state index in [-0.39, 0.29) is 30.0 Å². The monoisotopic (exact) mass is 267 g/mol. The second-order valence-electron chi connectivity index (χ2n) is 4.44. The third-order valence-electron chi connectivity index (χ3n) is 2.97. The maximum absolute atomic E-state index is 12.1. The Morgan fingerprint density at radius 3 is 2.26 bits per heavy atom. The third kappa shape index (κ3) is 2.60. The van der Waals surface area contributed by atoms with Crippen LogP contribution in [0.2, 0.25) is 0 Å². The van der Waals surface area contributed by atoms with E-state index in [1.807, 2.05) is 0 Å². The van der Waals surface area contributed by atoms with Crippen LogP contribution >= 0.6 is 0 Å². The number of phenols is 2. The topological polar surface area (TPSA) is 118 Å². The summed E-state index contributed by atoms with van der Waals surface area (Å²) in [4.78, 5) is 24.2. The smallest absolute Gasteiger partial charge is 0.326 e. The van der Waals surface area contributed by atoms with Crippen LogP contribution in [0.3, 0.4) is 0 Å². The minimum absolute atomic E-state index is 0.0298. The minimum atomic E-state index is -1.20. The van der Waals surface area contributed by atoms with Gasteiger partial charge in [-0.15, -0.1) is 0 Å². The number of carboxylic acids is 1. The molecule has 2 unspecified atom stereocenters. The minimum Gasteiger partial charge on any atom is -0.508 e. The molecular weight excluding hydrogens is 254 g/mol. The third-order valence-corrected chi connectivity index (χ3v) is 2.97. The zero-order valence-electron chi connectivity index (χ0n) is 9.85. The van der Waals surface area contributed by atoms with Crippen molar-refractivity contribution < 1.29 is 30.0 Å². The number of aliphatic hydroxyl groups excluding tert-OH is 1. The second-order valence-corrected chi connectivity index (χ2v) is 4.44. The molecule has 1 fully saturated rings. The van der Waals surface area contributed by atoms with Gasteiger partial charge in [0.05, 0.1) is 6.10 Å². The Hall–Kier alpha value is -2.28. The molecule has 1 aliphatic rings.